The van der Waals surface area contributed by atoms with Crippen molar-refractivity contribution in [3.63, 3.8) is 0 Å². The summed E-state index contributed by atoms with van der Waals surface area (Å²) >= 11 is 0. The lowest BCUT2D eigenvalue weighted by atomic mass is 10.2. The van der Waals surface area contributed by atoms with Crippen molar-refractivity contribution in [1.29, 1.82) is 0 Å². The molecule has 2 nitrogen and oxygen atoms in total. The molecule has 0 aliphatic carbocycles. The number of carbonyl (C=O) groups excluding carboxylic acids is 1. The molecule has 0 bridgehead atoms. The Kier molecular flexibility index (Phi) is 6.96. The van der Waals surface area contributed by atoms with E-state index in [1.165, 1.54) is 0 Å². The van der Waals surface area contributed by atoms with Crippen LogP contribution in [0, 0.1) is 0 Å². The Balaban J connectivity index is 0. The molecule has 0 rings (SSSR count). The Morgan fingerprint density at radius 2 is 1.73 bits per heavy atom. The molecule has 0 unspecified atom stereocenters. The first-order valence-corrected chi connectivity index (χ1v) is 3.81. The van der Waals surface area contributed by atoms with Crippen LogP contribution in [-0.2, 0) is 9.53 Å². The third-order valence-corrected chi connectivity index (χ3v) is 0.573. The largest absolute Gasteiger partial charge is 0.457 e. The minimum atomic E-state index is -0.398. The molecular formula is C9H18O2. The highest BCUT2D eigenvalue weighted by Gasteiger charge is 2.12. The molecule has 0 aliphatic rings. The van der Waals surface area contributed by atoms with Crippen LogP contribution in [0.2, 0.25) is 0 Å². The Morgan fingerprint density at radius 1 is 1.36 bits per heavy atom. The predicted octanol–water partition coefficient (Wildman–Crippen LogP) is 2.54. The third-order valence-electron chi connectivity index (χ3n) is 0.573. The highest BCUT2D eigenvalue weighted by molar-refractivity contribution is 5.81. The van der Waals surface area contributed by atoms with E-state index in [9.17, 15) is 4.79 Å². The van der Waals surface area contributed by atoms with Crippen molar-refractivity contribution in [3.05, 3.63) is 12.7 Å². The monoisotopic (exact) mass is 158 g/mol. The lowest BCUT2D eigenvalue weighted by molar-refractivity contribution is -0.148. The average molecular weight is 158 g/mol. The minimum absolute atomic E-state index is 0.373. The number of esters is 1. The van der Waals surface area contributed by atoms with Gasteiger partial charge in [0.15, 0.2) is 0 Å². The average Bonchev–Trinajstić information content (AvgIpc) is 1.89. The molecule has 0 amide bonds. The zero-order valence-corrected chi connectivity index (χ0v) is 8.10. The number of ether oxygens (including phenoxy) is 1. The van der Waals surface area contributed by atoms with Gasteiger partial charge in [0, 0.05) is 6.08 Å². The van der Waals surface area contributed by atoms with E-state index in [1.54, 1.807) is 0 Å². The highest BCUT2D eigenvalue weighted by atomic mass is 16.6. The second-order valence-electron chi connectivity index (χ2n) is 2.74. The molecule has 0 fully saturated rings. The van der Waals surface area contributed by atoms with Gasteiger partial charge in [-0.15, -0.1) is 0 Å². The van der Waals surface area contributed by atoms with Gasteiger partial charge in [0.25, 0.3) is 0 Å². The number of carbonyl (C=O) groups is 1. The van der Waals surface area contributed by atoms with E-state index in [0.29, 0.717) is 0 Å². The maximum Gasteiger partial charge on any atom is 0.330 e. The van der Waals surface area contributed by atoms with Crippen molar-refractivity contribution in [2.45, 2.75) is 40.2 Å². The van der Waals surface area contributed by atoms with Gasteiger partial charge in [-0.05, 0) is 20.8 Å². The smallest absolute Gasteiger partial charge is 0.330 e. The van der Waals surface area contributed by atoms with Gasteiger partial charge in [-0.2, -0.15) is 0 Å². The molecule has 2 heteroatoms. The molecule has 0 saturated carbocycles. The van der Waals surface area contributed by atoms with Crippen LogP contribution in [0.15, 0.2) is 12.7 Å². The zero-order valence-electron chi connectivity index (χ0n) is 8.10. The standard InChI is InChI=1S/C7H12O2.C2H6/c1-5-6(8)9-7(2,3)4;1-2/h5H,1H2,2-4H3;1-2H3. The SMILES string of the molecule is C=CC(=O)OC(C)(C)C.CC. The quantitative estimate of drug-likeness (QED) is 0.433. The van der Waals surface area contributed by atoms with Gasteiger partial charge in [-0.1, -0.05) is 20.4 Å². The van der Waals surface area contributed by atoms with Crippen LogP contribution in [0.3, 0.4) is 0 Å². The van der Waals surface area contributed by atoms with Gasteiger partial charge in [0.2, 0.25) is 0 Å². The fourth-order valence-corrected chi connectivity index (χ4v) is 0.343. The van der Waals surface area contributed by atoms with E-state index in [4.69, 9.17) is 4.74 Å². The maximum absolute atomic E-state index is 10.5. The van der Waals surface area contributed by atoms with Crippen molar-refractivity contribution >= 4 is 5.97 Å². The molecule has 0 aromatic carbocycles. The summed E-state index contributed by atoms with van der Waals surface area (Å²) in [5.41, 5.74) is -0.398. The van der Waals surface area contributed by atoms with Crippen molar-refractivity contribution in [3.8, 4) is 0 Å². The van der Waals surface area contributed by atoms with Crippen molar-refractivity contribution < 1.29 is 9.53 Å². The van der Waals surface area contributed by atoms with Crippen LogP contribution in [0.25, 0.3) is 0 Å². The molecular weight excluding hydrogens is 140 g/mol. The summed E-state index contributed by atoms with van der Waals surface area (Å²) in [6.45, 7) is 12.7. The summed E-state index contributed by atoms with van der Waals surface area (Å²) < 4.78 is 4.83. The first kappa shape index (κ1) is 12.8. The van der Waals surface area contributed by atoms with E-state index in [2.05, 4.69) is 6.58 Å². The Bertz CT molecular complexity index is 120. The fraction of sp³-hybridized carbons (Fsp3) is 0.667. The van der Waals surface area contributed by atoms with E-state index in [0.717, 1.165) is 6.08 Å². The van der Waals surface area contributed by atoms with Crippen LogP contribution in [-0.4, -0.2) is 11.6 Å². The zero-order chi connectivity index (χ0) is 9.49. The highest BCUT2D eigenvalue weighted by Crippen LogP contribution is 2.06. The van der Waals surface area contributed by atoms with Crippen LogP contribution >= 0.6 is 0 Å². The Morgan fingerprint density at radius 3 is 1.82 bits per heavy atom. The predicted molar refractivity (Wildman–Crippen MR) is 47.4 cm³/mol. The molecule has 0 saturated heterocycles. The van der Waals surface area contributed by atoms with Crippen molar-refractivity contribution in [2.75, 3.05) is 0 Å². The molecule has 0 heterocycles. The van der Waals surface area contributed by atoms with E-state index in [-0.39, 0.29) is 5.97 Å². The van der Waals surface area contributed by atoms with Gasteiger partial charge in [0.05, 0.1) is 0 Å². The second kappa shape index (κ2) is 5.96. The second-order valence-corrected chi connectivity index (χ2v) is 2.74. The van der Waals surface area contributed by atoms with E-state index in [1.807, 2.05) is 34.6 Å². The Hall–Kier alpha value is -0.790. The first-order valence-electron chi connectivity index (χ1n) is 3.81. The van der Waals surface area contributed by atoms with Gasteiger partial charge in [-0.25, -0.2) is 4.79 Å². The molecule has 0 aromatic rings. The van der Waals surface area contributed by atoms with Crippen LogP contribution in [0.5, 0.6) is 0 Å². The van der Waals surface area contributed by atoms with Crippen molar-refractivity contribution in [1.82, 2.24) is 0 Å². The van der Waals surface area contributed by atoms with E-state index < -0.39 is 5.60 Å². The summed E-state index contributed by atoms with van der Waals surface area (Å²) in [6, 6.07) is 0. The van der Waals surface area contributed by atoms with E-state index >= 15 is 0 Å². The van der Waals surface area contributed by atoms with Crippen molar-refractivity contribution in [2.24, 2.45) is 0 Å². The van der Waals surface area contributed by atoms with Crippen LogP contribution < -0.4 is 0 Å². The van der Waals surface area contributed by atoms with Crippen LogP contribution in [0.4, 0.5) is 0 Å². The summed E-state index contributed by atoms with van der Waals surface area (Å²) in [5.74, 6) is -0.373. The number of hydrogen-bond donors (Lipinski definition) is 0. The topological polar surface area (TPSA) is 26.3 Å². The molecule has 0 radical (unpaired) electrons. The van der Waals surface area contributed by atoms with Gasteiger partial charge < -0.3 is 4.74 Å². The number of rotatable bonds is 1. The lowest BCUT2D eigenvalue weighted by Crippen LogP contribution is -2.22. The maximum atomic E-state index is 10.5. The molecule has 0 atom stereocenters. The summed E-state index contributed by atoms with van der Waals surface area (Å²) in [6.07, 6.45) is 1.16. The summed E-state index contributed by atoms with van der Waals surface area (Å²) in [7, 11) is 0. The fourth-order valence-electron chi connectivity index (χ4n) is 0.343. The van der Waals surface area contributed by atoms with Crippen LogP contribution in [0.1, 0.15) is 34.6 Å². The third kappa shape index (κ3) is 12.4. The lowest BCUT2D eigenvalue weighted by Gasteiger charge is -2.17. The Labute approximate surface area is 69.3 Å². The normalized spacial score (nSPS) is 9.18. The molecule has 0 spiro atoms. The number of hydrogen-bond acceptors (Lipinski definition) is 2. The molecule has 66 valence electrons. The van der Waals surface area contributed by atoms with Gasteiger partial charge in [-0.3, -0.25) is 0 Å². The molecule has 0 aliphatic heterocycles. The molecule has 11 heavy (non-hydrogen) atoms. The summed E-state index contributed by atoms with van der Waals surface area (Å²) in [5, 5.41) is 0. The minimum Gasteiger partial charge on any atom is -0.457 e. The van der Waals surface area contributed by atoms with Gasteiger partial charge >= 0.3 is 5.97 Å². The first-order chi connectivity index (χ1) is 4.95. The molecule has 0 aromatic heterocycles. The van der Waals surface area contributed by atoms with Gasteiger partial charge in [0.1, 0.15) is 5.60 Å². The molecule has 0 N–H and O–H groups in total. The summed E-state index contributed by atoms with van der Waals surface area (Å²) in [4.78, 5) is 10.5.